The van der Waals surface area contributed by atoms with Crippen LogP contribution in [0.5, 0.6) is 0 Å². The lowest BCUT2D eigenvalue weighted by molar-refractivity contribution is -0.426. The van der Waals surface area contributed by atoms with Crippen molar-refractivity contribution in [2.24, 2.45) is 0 Å². The molecule has 102 valence electrons. The third-order valence-electron chi connectivity index (χ3n) is 1.98. The molecule has 0 heterocycles. The van der Waals surface area contributed by atoms with E-state index in [1.54, 1.807) is 0 Å². The summed E-state index contributed by atoms with van der Waals surface area (Å²) in [6, 6.07) is 6.83. The summed E-state index contributed by atoms with van der Waals surface area (Å²) < 4.78 is 88.8. The standard InChI is InChI=1S/C10H7F7O/c11-8(12,9(13,14)15)10(16,17)18-6-7-4-2-1-3-5-7/h1-5H,6H2. The van der Waals surface area contributed by atoms with Gasteiger partial charge in [-0.05, 0) is 5.56 Å². The van der Waals surface area contributed by atoms with E-state index in [0.717, 1.165) is 0 Å². The molecule has 1 aromatic rings. The molecule has 0 aliphatic heterocycles. The molecule has 0 atom stereocenters. The first-order valence-electron chi connectivity index (χ1n) is 4.58. The van der Waals surface area contributed by atoms with Crippen molar-refractivity contribution in [1.29, 1.82) is 0 Å². The summed E-state index contributed by atoms with van der Waals surface area (Å²) in [5.74, 6) is -6.24. The van der Waals surface area contributed by atoms with Crippen LogP contribution in [0.15, 0.2) is 30.3 Å². The zero-order chi connectivity index (χ0) is 14.0. The molecular weight excluding hydrogens is 269 g/mol. The highest BCUT2D eigenvalue weighted by Gasteiger charge is 2.74. The molecule has 0 saturated heterocycles. The van der Waals surface area contributed by atoms with Crippen LogP contribution >= 0.6 is 0 Å². The number of benzene rings is 1. The van der Waals surface area contributed by atoms with E-state index in [9.17, 15) is 30.7 Å². The minimum atomic E-state index is -6.38. The third kappa shape index (κ3) is 2.92. The fourth-order valence-corrected chi connectivity index (χ4v) is 1.00. The van der Waals surface area contributed by atoms with Gasteiger partial charge in [0.1, 0.15) is 0 Å². The molecule has 0 aliphatic carbocycles. The van der Waals surface area contributed by atoms with E-state index >= 15 is 0 Å². The fraction of sp³-hybridized carbons (Fsp3) is 0.400. The fourth-order valence-electron chi connectivity index (χ4n) is 1.00. The van der Waals surface area contributed by atoms with Crippen molar-refractivity contribution in [3.8, 4) is 0 Å². The van der Waals surface area contributed by atoms with Gasteiger partial charge in [0.05, 0.1) is 6.61 Å². The molecule has 0 N–H and O–H groups in total. The second kappa shape index (κ2) is 4.75. The molecule has 0 spiro atoms. The third-order valence-corrected chi connectivity index (χ3v) is 1.98. The number of halogens is 7. The predicted molar refractivity (Wildman–Crippen MR) is 47.2 cm³/mol. The molecule has 0 fully saturated rings. The summed E-state index contributed by atoms with van der Waals surface area (Å²) >= 11 is 0. The molecule has 0 saturated carbocycles. The summed E-state index contributed by atoms with van der Waals surface area (Å²) in [5, 5.41) is 0. The average Bonchev–Trinajstić information content (AvgIpc) is 2.26. The Kier molecular flexibility index (Phi) is 3.89. The van der Waals surface area contributed by atoms with Gasteiger partial charge in [0.25, 0.3) is 0 Å². The summed E-state index contributed by atoms with van der Waals surface area (Å²) in [6.07, 6.45) is -12.0. The first kappa shape index (κ1) is 14.7. The van der Waals surface area contributed by atoms with Crippen LogP contribution in [-0.2, 0) is 11.3 Å². The second-order valence-corrected chi connectivity index (χ2v) is 3.36. The lowest BCUT2D eigenvalue weighted by Crippen LogP contribution is -2.53. The van der Waals surface area contributed by atoms with E-state index in [0.29, 0.717) is 0 Å². The SMILES string of the molecule is FC(F)(F)C(F)(F)C(F)(F)OCc1ccccc1. The highest BCUT2D eigenvalue weighted by Crippen LogP contribution is 2.47. The van der Waals surface area contributed by atoms with Crippen molar-refractivity contribution in [2.75, 3.05) is 0 Å². The van der Waals surface area contributed by atoms with Gasteiger partial charge in [-0.2, -0.15) is 30.7 Å². The minimum Gasteiger partial charge on any atom is -0.311 e. The summed E-state index contributed by atoms with van der Waals surface area (Å²) in [4.78, 5) is 0. The maximum absolute atomic E-state index is 12.7. The molecule has 8 heteroatoms. The average molecular weight is 276 g/mol. The quantitative estimate of drug-likeness (QED) is 0.755. The maximum Gasteiger partial charge on any atom is 0.462 e. The van der Waals surface area contributed by atoms with Crippen LogP contribution in [0.25, 0.3) is 0 Å². The van der Waals surface area contributed by atoms with Crippen LogP contribution in [-0.4, -0.2) is 18.2 Å². The topological polar surface area (TPSA) is 9.23 Å². The van der Waals surface area contributed by atoms with Gasteiger partial charge < -0.3 is 4.74 Å². The van der Waals surface area contributed by atoms with Crippen molar-refractivity contribution >= 4 is 0 Å². The van der Waals surface area contributed by atoms with Gasteiger partial charge in [-0.25, -0.2) is 0 Å². The van der Waals surface area contributed by atoms with Crippen LogP contribution in [0.1, 0.15) is 5.56 Å². The van der Waals surface area contributed by atoms with Crippen LogP contribution in [0.3, 0.4) is 0 Å². The summed E-state index contributed by atoms with van der Waals surface area (Å²) in [5.41, 5.74) is 0.0511. The normalized spacial score (nSPS) is 13.7. The van der Waals surface area contributed by atoms with E-state index < -0.39 is 24.8 Å². The first-order chi connectivity index (χ1) is 8.08. The molecule has 1 aromatic carbocycles. The predicted octanol–water partition coefficient (Wildman–Crippen LogP) is 3.99. The van der Waals surface area contributed by atoms with Crippen molar-refractivity contribution in [2.45, 2.75) is 24.8 Å². The van der Waals surface area contributed by atoms with Crippen LogP contribution in [0, 0.1) is 0 Å². The van der Waals surface area contributed by atoms with E-state index in [4.69, 9.17) is 0 Å². The summed E-state index contributed by atoms with van der Waals surface area (Å²) in [7, 11) is 0. The number of hydrogen-bond donors (Lipinski definition) is 0. The molecule has 1 nitrogen and oxygen atoms in total. The number of hydrogen-bond acceptors (Lipinski definition) is 1. The largest absolute Gasteiger partial charge is 0.462 e. The molecular formula is C10H7F7O. The molecule has 18 heavy (non-hydrogen) atoms. The Morgan fingerprint density at radius 2 is 1.33 bits per heavy atom. The zero-order valence-electron chi connectivity index (χ0n) is 8.65. The van der Waals surface area contributed by atoms with E-state index in [-0.39, 0.29) is 5.56 Å². The highest BCUT2D eigenvalue weighted by atomic mass is 19.4. The molecule has 0 aromatic heterocycles. The van der Waals surface area contributed by atoms with Crippen molar-refractivity contribution in [3.05, 3.63) is 35.9 Å². The number of alkyl halides is 7. The van der Waals surface area contributed by atoms with Gasteiger partial charge in [0.2, 0.25) is 0 Å². The molecule has 0 aliphatic rings. The molecule has 1 rings (SSSR count). The number of rotatable bonds is 4. The highest BCUT2D eigenvalue weighted by molar-refractivity contribution is 5.13. The molecule has 0 bridgehead atoms. The molecule has 0 radical (unpaired) electrons. The Hall–Kier alpha value is -1.31. The Bertz CT molecular complexity index is 385. The van der Waals surface area contributed by atoms with E-state index in [2.05, 4.69) is 4.74 Å². The van der Waals surface area contributed by atoms with Gasteiger partial charge >= 0.3 is 18.2 Å². The van der Waals surface area contributed by atoms with Gasteiger partial charge in [0, 0.05) is 0 Å². The molecule has 0 amide bonds. The Morgan fingerprint density at radius 3 is 1.78 bits per heavy atom. The Morgan fingerprint density at radius 1 is 0.833 bits per heavy atom. The monoisotopic (exact) mass is 276 g/mol. The van der Waals surface area contributed by atoms with Gasteiger partial charge in [-0.15, -0.1) is 0 Å². The van der Waals surface area contributed by atoms with Crippen LogP contribution < -0.4 is 0 Å². The van der Waals surface area contributed by atoms with E-state index in [1.807, 2.05) is 0 Å². The van der Waals surface area contributed by atoms with Crippen molar-refractivity contribution in [1.82, 2.24) is 0 Å². The summed E-state index contributed by atoms with van der Waals surface area (Å²) in [6.45, 7) is -1.06. The second-order valence-electron chi connectivity index (χ2n) is 3.36. The lowest BCUT2D eigenvalue weighted by atomic mass is 10.2. The Balaban J connectivity index is 2.77. The van der Waals surface area contributed by atoms with Crippen molar-refractivity contribution in [3.63, 3.8) is 0 Å². The van der Waals surface area contributed by atoms with Crippen molar-refractivity contribution < 1.29 is 35.5 Å². The molecule has 0 unspecified atom stereocenters. The minimum absolute atomic E-state index is 0.0511. The maximum atomic E-state index is 12.7. The first-order valence-corrected chi connectivity index (χ1v) is 4.58. The number of ether oxygens (including phenoxy) is 1. The lowest BCUT2D eigenvalue weighted by Gasteiger charge is -2.27. The van der Waals surface area contributed by atoms with Gasteiger partial charge in [0.15, 0.2) is 0 Å². The smallest absolute Gasteiger partial charge is 0.311 e. The Labute approximate surface area is 97.2 Å². The van der Waals surface area contributed by atoms with Crippen LogP contribution in [0.2, 0.25) is 0 Å². The van der Waals surface area contributed by atoms with E-state index in [1.165, 1.54) is 30.3 Å². The van der Waals surface area contributed by atoms with Crippen LogP contribution in [0.4, 0.5) is 30.7 Å². The van der Waals surface area contributed by atoms with Gasteiger partial charge in [-0.1, -0.05) is 30.3 Å². The van der Waals surface area contributed by atoms with Gasteiger partial charge in [-0.3, -0.25) is 0 Å². The zero-order valence-corrected chi connectivity index (χ0v) is 8.65.